The summed E-state index contributed by atoms with van der Waals surface area (Å²) in [5, 5.41) is 14.3. The predicted molar refractivity (Wildman–Crippen MR) is 99.4 cm³/mol. The number of ether oxygens (including phenoxy) is 2. The zero-order chi connectivity index (χ0) is 19.1. The van der Waals surface area contributed by atoms with Gasteiger partial charge in [-0.2, -0.15) is 0 Å². The summed E-state index contributed by atoms with van der Waals surface area (Å²) in [5.41, 5.74) is 2.26. The molecule has 0 saturated carbocycles. The van der Waals surface area contributed by atoms with E-state index in [-0.39, 0.29) is 12.5 Å². The van der Waals surface area contributed by atoms with Gasteiger partial charge in [-0.05, 0) is 59.3 Å². The highest BCUT2D eigenvalue weighted by molar-refractivity contribution is 6.04. The van der Waals surface area contributed by atoms with Gasteiger partial charge in [-0.3, -0.25) is 4.79 Å². The van der Waals surface area contributed by atoms with E-state index in [2.05, 4.69) is 20.8 Å². The molecule has 3 rings (SSSR count). The third-order valence-corrected chi connectivity index (χ3v) is 3.89. The molecule has 1 amide bonds. The van der Waals surface area contributed by atoms with Gasteiger partial charge in [0.25, 0.3) is 5.91 Å². The third-order valence-electron chi connectivity index (χ3n) is 3.89. The number of aromatic nitrogens is 4. The molecule has 0 bridgehead atoms. The van der Waals surface area contributed by atoms with Crippen LogP contribution < -0.4 is 10.1 Å². The van der Waals surface area contributed by atoms with Crippen molar-refractivity contribution in [3.63, 3.8) is 0 Å². The van der Waals surface area contributed by atoms with Crippen LogP contribution in [-0.4, -0.2) is 33.2 Å². The number of anilines is 1. The minimum absolute atomic E-state index is 0.189. The van der Waals surface area contributed by atoms with E-state index in [1.165, 1.54) is 0 Å². The Labute approximate surface area is 157 Å². The molecule has 8 heteroatoms. The van der Waals surface area contributed by atoms with Crippen LogP contribution in [0.25, 0.3) is 0 Å². The fourth-order valence-corrected chi connectivity index (χ4v) is 2.53. The molecule has 140 valence electrons. The Morgan fingerprint density at radius 3 is 2.70 bits per heavy atom. The number of hydrogen-bond acceptors (Lipinski definition) is 6. The molecule has 3 aromatic rings. The molecule has 1 N–H and O–H groups in total. The topological polar surface area (TPSA) is 91.2 Å². The highest BCUT2D eigenvalue weighted by Gasteiger charge is 2.08. The second-order valence-corrected chi connectivity index (χ2v) is 5.81. The first-order valence-corrected chi connectivity index (χ1v) is 8.56. The number of amides is 1. The summed E-state index contributed by atoms with van der Waals surface area (Å²) in [6, 6.07) is 14.5. The van der Waals surface area contributed by atoms with Crippen LogP contribution >= 0.6 is 0 Å². The highest BCUT2D eigenvalue weighted by atomic mass is 16.5. The van der Waals surface area contributed by atoms with Crippen molar-refractivity contribution in [3.05, 3.63) is 65.5 Å². The molecule has 0 radical (unpaired) electrons. The highest BCUT2D eigenvalue weighted by Crippen LogP contribution is 2.16. The Morgan fingerprint density at radius 2 is 1.96 bits per heavy atom. The monoisotopic (exact) mass is 367 g/mol. The van der Waals surface area contributed by atoms with Gasteiger partial charge in [-0.1, -0.05) is 12.1 Å². The van der Waals surface area contributed by atoms with Crippen molar-refractivity contribution >= 4 is 11.6 Å². The standard InChI is InChI=1S/C19H21N5O3/c1-3-24-18(21-22-23-24)13-27-17-9-7-15(8-10-17)19(25)20-16-6-4-5-14(11-16)12-26-2/h4-11H,3,12-13H2,1-2H3,(H,20,25). The first kappa shape index (κ1) is 18.5. The Morgan fingerprint density at radius 1 is 1.15 bits per heavy atom. The van der Waals surface area contributed by atoms with Gasteiger partial charge in [0, 0.05) is 24.9 Å². The van der Waals surface area contributed by atoms with E-state index in [4.69, 9.17) is 9.47 Å². The summed E-state index contributed by atoms with van der Waals surface area (Å²) in [6.07, 6.45) is 0. The molecule has 0 fully saturated rings. The van der Waals surface area contributed by atoms with Gasteiger partial charge in [0.05, 0.1) is 6.61 Å². The van der Waals surface area contributed by atoms with Crippen LogP contribution in [0.4, 0.5) is 5.69 Å². The Balaban J connectivity index is 1.59. The average molecular weight is 367 g/mol. The van der Waals surface area contributed by atoms with Crippen LogP contribution in [0.2, 0.25) is 0 Å². The number of carbonyl (C=O) groups excluding carboxylic acids is 1. The molecule has 0 unspecified atom stereocenters. The van der Waals surface area contributed by atoms with Gasteiger partial charge < -0.3 is 14.8 Å². The Bertz CT molecular complexity index is 892. The van der Waals surface area contributed by atoms with Gasteiger partial charge in [0.2, 0.25) is 0 Å². The van der Waals surface area contributed by atoms with Crippen LogP contribution in [0.15, 0.2) is 48.5 Å². The van der Waals surface area contributed by atoms with Crippen LogP contribution in [0.5, 0.6) is 5.75 Å². The molecule has 0 aliphatic carbocycles. The van der Waals surface area contributed by atoms with Crippen molar-refractivity contribution < 1.29 is 14.3 Å². The lowest BCUT2D eigenvalue weighted by molar-refractivity contribution is 0.102. The van der Waals surface area contributed by atoms with Gasteiger partial charge >= 0.3 is 0 Å². The quantitative estimate of drug-likeness (QED) is 0.658. The molecule has 0 spiro atoms. The second kappa shape index (κ2) is 8.91. The molecule has 0 aliphatic rings. The number of methoxy groups -OCH3 is 1. The average Bonchev–Trinajstić information content (AvgIpc) is 3.15. The summed E-state index contributed by atoms with van der Waals surface area (Å²) in [6.45, 7) is 3.39. The number of nitrogens with one attached hydrogen (secondary N) is 1. The summed E-state index contributed by atoms with van der Waals surface area (Å²) in [4.78, 5) is 12.4. The first-order valence-electron chi connectivity index (χ1n) is 8.56. The van der Waals surface area contributed by atoms with E-state index in [1.807, 2.05) is 31.2 Å². The lowest BCUT2D eigenvalue weighted by atomic mass is 10.1. The zero-order valence-corrected chi connectivity index (χ0v) is 15.3. The predicted octanol–water partition coefficient (Wildman–Crippen LogP) is 2.67. The largest absolute Gasteiger partial charge is 0.486 e. The van der Waals surface area contributed by atoms with Gasteiger partial charge in [0.15, 0.2) is 5.82 Å². The van der Waals surface area contributed by atoms with E-state index in [9.17, 15) is 4.79 Å². The van der Waals surface area contributed by atoms with Crippen molar-refractivity contribution in [2.45, 2.75) is 26.7 Å². The molecule has 2 aromatic carbocycles. The summed E-state index contributed by atoms with van der Waals surface area (Å²) >= 11 is 0. The van der Waals surface area contributed by atoms with Crippen molar-refractivity contribution in [2.24, 2.45) is 0 Å². The number of rotatable bonds is 8. The van der Waals surface area contributed by atoms with Crippen LogP contribution in [-0.2, 0) is 24.5 Å². The first-order chi connectivity index (χ1) is 13.2. The van der Waals surface area contributed by atoms with E-state index in [0.717, 1.165) is 11.3 Å². The SMILES string of the molecule is CCn1nnnc1COc1ccc(C(=O)Nc2cccc(COC)c2)cc1. The summed E-state index contributed by atoms with van der Waals surface area (Å²) in [7, 11) is 1.64. The van der Waals surface area contributed by atoms with Crippen molar-refractivity contribution in [1.82, 2.24) is 20.2 Å². The maximum atomic E-state index is 12.4. The lowest BCUT2D eigenvalue weighted by Gasteiger charge is -2.09. The smallest absolute Gasteiger partial charge is 0.255 e. The fraction of sp³-hybridized carbons (Fsp3) is 0.263. The summed E-state index contributed by atoms with van der Waals surface area (Å²) in [5.74, 6) is 1.10. The number of carbonyl (C=O) groups is 1. The number of tetrazole rings is 1. The van der Waals surface area contributed by atoms with Crippen molar-refractivity contribution in [2.75, 3.05) is 12.4 Å². The molecule has 0 atom stereocenters. The summed E-state index contributed by atoms with van der Waals surface area (Å²) < 4.78 is 12.5. The third kappa shape index (κ3) is 4.89. The molecular weight excluding hydrogens is 346 g/mol. The number of aryl methyl sites for hydroxylation is 1. The number of hydrogen-bond donors (Lipinski definition) is 1. The Hall–Kier alpha value is -3.26. The number of nitrogens with zero attached hydrogens (tertiary/aromatic N) is 4. The van der Waals surface area contributed by atoms with Gasteiger partial charge in [0.1, 0.15) is 12.4 Å². The maximum Gasteiger partial charge on any atom is 0.255 e. The lowest BCUT2D eigenvalue weighted by Crippen LogP contribution is -2.12. The molecular formula is C19H21N5O3. The molecule has 27 heavy (non-hydrogen) atoms. The minimum Gasteiger partial charge on any atom is -0.486 e. The van der Waals surface area contributed by atoms with Gasteiger partial charge in [-0.15, -0.1) is 5.10 Å². The maximum absolute atomic E-state index is 12.4. The van der Waals surface area contributed by atoms with E-state index in [1.54, 1.807) is 36.1 Å². The Kier molecular flexibility index (Phi) is 6.11. The normalized spacial score (nSPS) is 10.6. The van der Waals surface area contributed by atoms with E-state index in [0.29, 0.717) is 30.3 Å². The second-order valence-electron chi connectivity index (χ2n) is 5.81. The molecule has 1 aromatic heterocycles. The fourth-order valence-electron chi connectivity index (χ4n) is 2.53. The molecule has 0 saturated heterocycles. The van der Waals surface area contributed by atoms with Crippen LogP contribution in [0.3, 0.4) is 0 Å². The van der Waals surface area contributed by atoms with Crippen LogP contribution in [0.1, 0.15) is 28.7 Å². The van der Waals surface area contributed by atoms with Gasteiger partial charge in [-0.25, -0.2) is 4.68 Å². The van der Waals surface area contributed by atoms with Crippen molar-refractivity contribution in [1.29, 1.82) is 0 Å². The van der Waals surface area contributed by atoms with Crippen LogP contribution in [0, 0.1) is 0 Å². The van der Waals surface area contributed by atoms with E-state index < -0.39 is 0 Å². The van der Waals surface area contributed by atoms with Crippen molar-refractivity contribution in [3.8, 4) is 5.75 Å². The zero-order valence-electron chi connectivity index (χ0n) is 15.3. The molecule has 1 heterocycles. The number of benzene rings is 2. The minimum atomic E-state index is -0.189. The molecule has 0 aliphatic heterocycles. The molecule has 8 nitrogen and oxygen atoms in total. The van der Waals surface area contributed by atoms with E-state index >= 15 is 0 Å².